The minimum atomic E-state index is -0.949. The van der Waals surface area contributed by atoms with Crippen LogP contribution in [0.1, 0.15) is 0 Å². The summed E-state index contributed by atoms with van der Waals surface area (Å²) in [5, 5.41) is 9.01. The zero-order valence-corrected chi connectivity index (χ0v) is 10.2. The van der Waals surface area contributed by atoms with Crippen molar-refractivity contribution in [3.8, 4) is 0 Å². The molecule has 0 aromatic carbocycles. The normalized spacial score (nSPS) is 14.9. The van der Waals surface area contributed by atoms with Crippen LogP contribution in [0, 0.1) is 0 Å². The second-order valence-corrected chi connectivity index (χ2v) is 3.47. The van der Waals surface area contributed by atoms with Crippen molar-refractivity contribution in [3.63, 3.8) is 0 Å². The first-order chi connectivity index (χ1) is 6.63. The number of aliphatic hydroxyl groups is 1. The average molecular weight is 258 g/mol. The molecule has 2 atom stereocenters. The van der Waals surface area contributed by atoms with Gasteiger partial charge in [-0.3, -0.25) is 4.79 Å². The van der Waals surface area contributed by atoms with Gasteiger partial charge >= 0.3 is 5.97 Å². The summed E-state index contributed by atoms with van der Waals surface area (Å²) >= 11 is 11.6. The summed E-state index contributed by atoms with van der Waals surface area (Å²) in [4.78, 5) is 10.8. The van der Waals surface area contributed by atoms with Crippen LogP contribution in [0.5, 0.6) is 0 Å². The number of carbonyl (C=O) groups excluding carboxylic acids is 1. The fraction of sp³-hybridized carbons (Fsp3) is 0.857. The van der Waals surface area contributed by atoms with Crippen LogP contribution in [0.3, 0.4) is 0 Å². The summed E-state index contributed by atoms with van der Waals surface area (Å²) < 4.78 is 9.81. The summed E-state index contributed by atoms with van der Waals surface area (Å²) in [5.74, 6) is 0.106. The van der Waals surface area contributed by atoms with Crippen molar-refractivity contribution >= 4 is 43.9 Å². The molecule has 0 spiro atoms. The first kappa shape index (κ1) is 14.4. The number of rotatable bonds is 7. The third-order valence-corrected chi connectivity index (χ3v) is 2.24. The summed E-state index contributed by atoms with van der Waals surface area (Å²) in [6, 6.07) is 0. The van der Waals surface area contributed by atoms with E-state index in [0.717, 1.165) is 0 Å². The minimum absolute atomic E-state index is 0.0133. The van der Waals surface area contributed by atoms with E-state index in [-0.39, 0.29) is 18.1 Å². The number of aliphatic hydroxyl groups excluding tert-OH is 1. The van der Waals surface area contributed by atoms with Gasteiger partial charge in [-0.15, -0.1) is 0 Å². The van der Waals surface area contributed by atoms with E-state index in [1.165, 1.54) is 0 Å². The second kappa shape index (κ2) is 8.72. The van der Waals surface area contributed by atoms with Crippen molar-refractivity contribution in [3.05, 3.63) is 0 Å². The van der Waals surface area contributed by atoms with Crippen molar-refractivity contribution in [2.45, 2.75) is 12.4 Å². The van der Waals surface area contributed by atoms with Crippen LogP contribution in [0.15, 0.2) is 0 Å². The molecule has 0 bridgehead atoms. The lowest BCUT2D eigenvalue weighted by atomic mass is 10.4. The van der Waals surface area contributed by atoms with Crippen molar-refractivity contribution in [1.82, 2.24) is 0 Å². The minimum Gasteiger partial charge on any atom is -0.458 e. The van der Waals surface area contributed by atoms with Gasteiger partial charge in [-0.25, -0.2) is 0 Å². The molecule has 0 fully saturated rings. The molecule has 2 unspecified atom stereocenters. The number of hydrogen-bond donors (Lipinski definition) is 4. The standard InChI is InChI=1S/C7H14O4S3/c8-6(3-13)10-1-5(2-12)11-7(9)4-14/h5-6,8,12-14H,1-4H2. The van der Waals surface area contributed by atoms with Crippen molar-refractivity contribution in [2.24, 2.45) is 0 Å². The largest absolute Gasteiger partial charge is 0.458 e. The predicted octanol–water partition coefficient (Wildman–Crippen LogP) is 0.0226. The molecule has 0 aliphatic rings. The molecule has 7 heteroatoms. The summed E-state index contributed by atoms with van der Waals surface area (Å²) in [7, 11) is 0. The zero-order valence-electron chi connectivity index (χ0n) is 7.50. The maximum atomic E-state index is 10.8. The molecule has 4 nitrogen and oxygen atoms in total. The topological polar surface area (TPSA) is 55.8 Å². The van der Waals surface area contributed by atoms with E-state index in [2.05, 4.69) is 37.9 Å². The van der Waals surface area contributed by atoms with Gasteiger partial charge in [0, 0.05) is 11.5 Å². The van der Waals surface area contributed by atoms with E-state index in [0.29, 0.717) is 5.75 Å². The summed E-state index contributed by atoms with van der Waals surface area (Å²) in [6.07, 6.45) is -1.41. The molecular weight excluding hydrogens is 244 g/mol. The van der Waals surface area contributed by atoms with Crippen LogP contribution < -0.4 is 0 Å². The van der Waals surface area contributed by atoms with Gasteiger partial charge in [0.25, 0.3) is 0 Å². The maximum Gasteiger partial charge on any atom is 0.316 e. The first-order valence-electron chi connectivity index (χ1n) is 3.95. The molecule has 0 saturated heterocycles. The molecule has 0 aromatic rings. The Bertz CT molecular complexity index is 167. The fourth-order valence-electron chi connectivity index (χ4n) is 0.618. The Morgan fingerprint density at radius 3 is 2.36 bits per heavy atom. The third kappa shape index (κ3) is 6.83. The number of hydrogen-bond acceptors (Lipinski definition) is 7. The molecule has 0 aromatic heterocycles. The van der Waals surface area contributed by atoms with Gasteiger partial charge in [0.1, 0.15) is 6.10 Å². The lowest BCUT2D eigenvalue weighted by Gasteiger charge is -2.17. The first-order valence-corrected chi connectivity index (χ1v) is 5.85. The van der Waals surface area contributed by atoms with Gasteiger partial charge < -0.3 is 14.6 Å². The molecule has 0 rings (SSSR count). The van der Waals surface area contributed by atoms with E-state index in [1.807, 2.05) is 0 Å². The van der Waals surface area contributed by atoms with Crippen LogP contribution in [0.4, 0.5) is 0 Å². The summed E-state index contributed by atoms with van der Waals surface area (Å²) in [6.45, 7) is 0.102. The van der Waals surface area contributed by atoms with Crippen molar-refractivity contribution in [1.29, 1.82) is 0 Å². The Morgan fingerprint density at radius 2 is 1.93 bits per heavy atom. The van der Waals surface area contributed by atoms with Gasteiger partial charge in [-0.05, 0) is 0 Å². The number of thiol groups is 3. The molecule has 1 N–H and O–H groups in total. The second-order valence-electron chi connectivity index (χ2n) is 2.42. The van der Waals surface area contributed by atoms with E-state index in [4.69, 9.17) is 14.6 Å². The van der Waals surface area contributed by atoms with Gasteiger partial charge in [0.05, 0.1) is 12.4 Å². The fourth-order valence-corrected chi connectivity index (χ4v) is 0.978. The lowest BCUT2D eigenvalue weighted by Crippen LogP contribution is -2.29. The maximum absolute atomic E-state index is 10.8. The Hall–Kier alpha value is 0.440. The highest BCUT2D eigenvalue weighted by Gasteiger charge is 2.13. The third-order valence-electron chi connectivity index (χ3n) is 1.26. The Kier molecular flexibility index (Phi) is 9.00. The number of esters is 1. The molecule has 0 amide bonds. The van der Waals surface area contributed by atoms with Gasteiger partial charge in [0.2, 0.25) is 0 Å². The highest BCUT2D eigenvalue weighted by molar-refractivity contribution is 7.81. The average Bonchev–Trinajstić information content (AvgIpc) is 2.22. The van der Waals surface area contributed by atoms with Gasteiger partial charge in [0.15, 0.2) is 6.29 Å². The zero-order chi connectivity index (χ0) is 11.0. The smallest absolute Gasteiger partial charge is 0.316 e. The number of carbonyl (C=O) groups is 1. The molecule has 0 aliphatic carbocycles. The molecular formula is C7H14O4S3. The Labute approximate surface area is 99.6 Å². The molecule has 0 aliphatic heterocycles. The monoisotopic (exact) mass is 258 g/mol. The molecule has 0 heterocycles. The van der Waals surface area contributed by atoms with Gasteiger partial charge in [-0.1, -0.05) is 0 Å². The van der Waals surface area contributed by atoms with Crippen LogP contribution in [-0.4, -0.2) is 47.3 Å². The van der Waals surface area contributed by atoms with E-state index in [1.54, 1.807) is 0 Å². The predicted molar refractivity (Wildman–Crippen MR) is 63.4 cm³/mol. The van der Waals surface area contributed by atoms with E-state index in [9.17, 15) is 4.79 Å². The van der Waals surface area contributed by atoms with E-state index < -0.39 is 18.4 Å². The molecule has 0 radical (unpaired) electrons. The highest BCUT2D eigenvalue weighted by Crippen LogP contribution is 2.00. The SMILES string of the molecule is O=C(CS)OC(CS)COC(O)CS. The molecule has 84 valence electrons. The Morgan fingerprint density at radius 1 is 1.29 bits per heavy atom. The lowest BCUT2D eigenvalue weighted by molar-refractivity contribution is -0.154. The summed E-state index contributed by atoms with van der Waals surface area (Å²) in [5.41, 5.74) is 0. The molecule has 0 saturated carbocycles. The van der Waals surface area contributed by atoms with Gasteiger partial charge in [-0.2, -0.15) is 37.9 Å². The molecule has 14 heavy (non-hydrogen) atoms. The van der Waals surface area contributed by atoms with Crippen LogP contribution in [-0.2, 0) is 14.3 Å². The van der Waals surface area contributed by atoms with Crippen LogP contribution in [0.2, 0.25) is 0 Å². The highest BCUT2D eigenvalue weighted by atomic mass is 32.1. The quantitative estimate of drug-likeness (QED) is 0.295. The van der Waals surface area contributed by atoms with Crippen LogP contribution in [0.25, 0.3) is 0 Å². The van der Waals surface area contributed by atoms with Crippen molar-refractivity contribution < 1.29 is 19.4 Å². The van der Waals surface area contributed by atoms with Crippen LogP contribution >= 0.6 is 37.9 Å². The Balaban J connectivity index is 3.73. The van der Waals surface area contributed by atoms with Crippen molar-refractivity contribution in [2.75, 3.05) is 23.9 Å². The van der Waals surface area contributed by atoms with E-state index >= 15 is 0 Å². The number of ether oxygens (including phenoxy) is 2.